The Hall–Kier alpha value is -0.820. The predicted octanol–water partition coefficient (Wildman–Crippen LogP) is 3.22. The van der Waals surface area contributed by atoms with Crippen molar-refractivity contribution in [1.29, 1.82) is 0 Å². The highest BCUT2D eigenvalue weighted by molar-refractivity contribution is 5.29. The summed E-state index contributed by atoms with van der Waals surface area (Å²) >= 11 is 0. The third kappa shape index (κ3) is 2.23. The van der Waals surface area contributed by atoms with Gasteiger partial charge in [0.1, 0.15) is 0 Å². The molecule has 0 spiro atoms. The van der Waals surface area contributed by atoms with E-state index in [0.717, 1.165) is 0 Å². The van der Waals surface area contributed by atoms with Crippen LogP contribution in [0.4, 0.5) is 0 Å². The Morgan fingerprint density at radius 2 is 1.87 bits per heavy atom. The zero-order valence-corrected chi connectivity index (χ0v) is 9.79. The van der Waals surface area contributed by atoms with Crippen LogP contribution in [-0.4, -0.2) is 0 Å². The molecule has 0 radical (unpaired) electrons. The number of benzene rings is 1. The lowest BCUT2D eigenvalue weighted by molar-refractivity contribution is 0.427. The maximum Gasteiger partial charge on any atom is 0.0409 e. The van der Waals surface area contributed by atoms with Crippen LogP contribution in [0.5, 0.6) is 0 Å². The molecule has 1 saturated carbocycles. The van der Waals surface area contributed by atoms with Crippen LogP contribution in [0.15, 0.2) is 24.3 Å². The Morgan fingerprint density at radius 3 is 2.33 bits per heavy atom. The summed E-state index contributed by atoms with van der Waals surface area (Å²) in [5, 5.41) is 0. The van der Waals surface area contributed by atoms with Crippen LogP contribution >= 0.6 is 0 Å². The van der Waals surface area contributed by atoms with Crippen LogP contribution in [0.2, 0.25) is 0 Å². The zero-order valence-electron chi connectivity index (χ0n) is 9.79. The molecule has 1 heteroatoms. The van der Waals surface area contributed by atoms with E-state index in [4.69, 9.17) is 5.73 Å². The van der Waals surface area contributed by atoms with Crippen molar-refractivity contribution < 1.29 is 0 Å². The topological polar surface area (TPSA) is 26.0 Å². The van der Waals surface area contributed by atoms with Gasteiger partial charge >= 0.3 is 0 Å². The molecular formula is C14H21N. The second kappa shape index (κ2) is 3.97. The normalized spacial score (nSPS) is 19.9. The minimum atomic E-state index is -0.106. The van der Waals surface area contributed by atoms with Gasteiger partial charge < -0.3 is 5.73 Å². The van der Waals surface area contributed by atoms with Crippen LogP contribution in [0.25, 0.3) is 0 Å². The molecule has 1 aliphatic rings. The molecule has 0 bridgehead atoms. The Balaban J connectivity index is 2.15. The lowest BCUT2D eigenvalue weighted by Gasteiger charge is -2.25. The SMILES string of the molecule is CCCc1ccc(C(C)(N)C2CC2)cc1. The van der Waals surface area contributed by atoms with Crippen LogP contribution in [0, 0.1) is 5.92 Å². The Labute approximate surface area is 92.7 Å². The molecule has 1 fully saturated rings. The molecule has 1 aromatic rings. The highest BCUT2D eigenvalue weighted by Crippen LogP contribution is 2.43. The van der Waals surface area contributed by atoms with E-state index in [0.29, 0.717) is 5.92 Å². The molecule has 1 aromatic carbocycles. The smallest absolute Gasteiger partial charge is 0.0409 e. The Bertz CT molecular complexity index is 320. The summed E-state index contributed by atoms with van der Waals surface area (Å²) < 4.78 is 0. The van der Waals surface area contributed by atoms with Gasteiger partial charge in [-0.2, -0.15) is 0 Å². The second-order valence-corrected chi connectivity index (χ2v) is 5.00. The number of hydrogen-bond acceptors (Lipinski definition) is 1. The van der Waals surface area contributed by atoms with Crippen LogP contribution in [0.3, 0.4) is 0 Å². The number of hydrogen-bond donors (Lipinski definition) is 1. The molecule has 1 atom stereocenters. The van der Waals surface area contributed by atoms with Gasteiger partial charge in [0, 0.05) is 5.54 Å². The van der Waals surface area contributed by atoms with Gasteiger partial charge in [0.15, 0.2) is 0 Å². The average molecular weight is 203 g/mol. The summed E-state index contributed by atoms with van der Waals surface area (Å²) in [5.74, 6) is 0.703. The maximum atomic E-state index is 6.37. The van der Waals surface area contributed by atoms with Crippen LogP contribution in [0.1, 0.15) is 44.2 Å². The highest BCUT2D eigenvalue weighted by Gasteiger charge is 2.39. The fraction of sp³-hybridized carbons (Fsp3) is 0.571. The fourth-order valence-corrected chi connectivity index (χ4v) is 2.24. The Kier molecular flexibility index (Phi) is 2.83. The minimum Gasteiger partial charge on any atom is -0.321 e. The zero-order chi connectivity index (χ0) is 10.9. The number of rotatable bonds is 4. The lowest BCUT2D eigenvalue weighted by Crippen LogP contribution is -2.35. The monoisotopic (exact) mass is 203 g/mol. The van der Waals surface area contributed by atoms with Gasteiger partial charge in [-0.1, -0.05) is 37.6 Å². The molecule has 1 unspecified atom stereocenters. The van der Waals surface area contributed by atoms with E-state index in [2.05, 4.69) is 38.1 Å². The quantitative estimate of drug-likeness (QED) is 0.799. The van der Waals surface area contributed by atoms with E-state index in [1.807, 2.05) is 0 Å². The van der Waals surface area contributed by atoms with Gasteiger partial charge in [-0.15, -0.1) is 0 Å². The van der Waals surface area contributed by atoms with E-state index in [-0.39, 0.29) is 5.54 Å². The highest BCUT2D eigenvalue weighted by atomic mass is 14.8. The van der Waals surface area contributed by atoms with Crippen molar-refractivity contribution >= 4 is 0 Å². The van der Waals surface area contributed by atoms with E-state index < -0.39 is 0 Å². The van der Waals surface area contributed by atoms with E-state index >= 15 is 0 Å². The molecule has 2 N–H and O–H groups in total. The molecule has 15 heavy (non-hydrogen) atoms. The van der Waals surface area contributed by atoms with Gasteiger partial charge in [0.25, 0.3) is 0 Å². The molecule has 0 amide bonds. The van der Waals surface area contributed by atoms with Crippen molar-refractivity contribution in [2.75, 3.05) is 0 Å². The van der Waals surface area contributed by atoms with Gasteiger partial charge in [0.2, 0.25) is 0 Å². The molecule has 0 saturated heterocycles. The summed E-state index contributed by atoms with van der Waals surface area (Å²) in [7, 11) is 0. The molecule has 0 heterocycles. The second-order valence-electron chi connectivity index (χ2n) is 5.00. The third-order valence-electron chi connectivity index (χ3n) is 3.54. The minimum absolute atomic E-state index is 0.106. The van der Waals surface area contributed by atoms with Gasteiger partial charge in [-0.05, 0) is 43.2 Å². The first-order valence-electron chi connectivity index (χ1n) is 6.03. The first-order valence-corrected chi connectivity index (χ1v) is 6.03. The van der Waals surface area contributed by atoms with Crippen molar-refractivity contribution in [3.05, 3.63) is 35.4 Å². The van der Waals surface area contributed by atoms with Gasteiger partial charge in [-0.25, -0.2) is 0 Å². The number of nitrogens with two attached hydrogens (primary N) is 1. The summed E-state index contributed by atoms with van der Waals surface area (Å²) in [5.41, 5.74) is 8.98. The molecule has 82 valence electrons. The van der Waals surface area contributed by atoms with Crippen molar-refractivity contribution in [3.8, 4) is 0 Å². The first kappa shape index (κ1) is 10.7. The molecule has 2 rings (SSSR count). The standard InChI is InChI=1S/C14H21N/c1-3-4-11-5-7-12(8-6-11)14(2,15)13-9-10-13/h5-8,13H,3-4,9-10,15H2,1-2H3. The average Bonchev–Trinajstić information content (AvgIpc) is 3.02. The van der Waals surface area contributed by atoms with Crippen LogP contribution in [-0.2, 0) is 12.0 Å². The van der Waals surface area contributed by atoms with Crippen LogP contribution < -0.4 is 5.73 Å². The van der Waals surface area contributed by atoms with E-state index in [1.54, 1.807) is 0 Å². The Morgan fingerprint density at radius 1 is 1.27 bits per heavy atom. The summed E-state index contributed by atoms with van der Waals surface area (Å²) in [6.07, 6.45) is 4.97. The predicted molar refractivity (Wildman–Crippen MR) is 64.7 cm³/mol. The largest absolute Gasteiger partial charge is 0.321 e. The molecule has 1 aliphatic carbocycles. The molecule has 0 aliphatic heterocycles. The summed E-state index contributed by atoms with van der Waals surface area (Å²) in [6, 6.07) is 8.88. The van der Waals surface area contributed by atoms with Crippen molar-refractivity contribution in [2.45, 2.75) is 45.1 Å². The molecule has 0 aromatic heterocycles. The van der Waals surface area contributed by atoms with Crippen molar-refractivity contribution in [1.82, 2.24) is 0 Å². The maximum absolute atomic E-state index is 6.37. The third-order valence-corrected chi connectivity index (χ3v) is 3.54. The summed E-state index contributed by atoms with van der Waals surface area (Å²) in [6.45, 7) is 4.38. The van der Waals surface area contributed by atoms with Gasteiger partial charge in [0.05, 0.1) is 0 Å². The van der Waals surface area contributed by atoms with E-state index in [9.17, 15) is 0 Å². The first-order chi connectivity index (χ1) is 7.14. The molecular weight excluding hydrogens is 182 g/mol. The van der Waals surface area contributed by atoms with Gasteiger partial charge in [-0.3, -0.25) is 0 Å². The van der Waals surface area contributed by atoms with Crippen molar-refractivity contribution in [3.63, 3.8) is 0 Å². The van der Waals surface area contributed by atoms with Crippen molar-refractivity contribution in [2.24, 2.45) is 11.7 Å². The fourth-order valence-electron chi connectivity index (χ4n) is 2.24. The number of aryl methyl sites for hydroxylation is 1. The summed E-state index contributed by atoms with van der Waals surface area (Å²) in [4.78, 5) is 0. The molecule has 1 nitrogen and oxygen atoms in total. The lowest BCUT2D eigenvalue weighted by atomic mass is 9.87. The van der Waals surface area contributed by atoms with E-state index in [1.165, 1.54) is 36.8 Å².